The molecule has 4 rings (SSSR count). The fraction of sp³-hybridized carbons (Fsp3) is 0.273. The Bertz CT molecular complexity index is 1190. The van der Waals surface area contributed by atoms with E-state index in [1.54, 1.807) is 35.9 Å². The SMILES string of the molecule is CC(C)C(C)NC(=O)c1csc(CSc2nnc(-c3ccco3)n2-c2ccc(F)cc2)n1. The summed E-state index contributed by atoms with van der Waals surface area (Å²) in [6.45, 7) is 6.09. The Kier molecular flexibility index (Phi) is 6.71. The summed E-state index contributed by atoms with van der Waals surface area (Å²) in [4.78, 5) is 16.9. The van der Waals surface area contributed by atoms with Crippen LogP contribution in [0.25, 0.3) is 17.3 Å². The summed E-state index contributed by atoms with van der Waals surface area (Å²) in [7, 11) is 0. The van der Waals surface area contributed by atoms with Crippen molar-refractivity contribution in [1.82, 2.24) is 25.1 Å². The van der Waals surface area contributed by atoms with Crippen LogP contribution >= 0.6 is 23.1 Å². The molecule has 0 aliphatic rings. The smallest absolute Gasteiger partial charge is 0.270 e. The number of thiazole rings is 1. The highest BCUT2D eigenvalue weighted by atomic mass is 32.2. The fourth-order valence-corrected chi connectivity index (χ4v) is 4.55. The molecule has 0 saturated carbocycles. The highest BCUT2D eigenvalue weighted by Gasteiger charge is 2.20. The van der Waals surface area contributed by atoms with Crippen molar-refractivity contribution in [3.63, 3.8) is 0 Å². The number of hydrogen-bond donors (Lipinski definition) is 1. The molecule has 1 aromatic carbocycles. The van der Waals surface area contributed by atoms with E-state index in [2.05, 4.69) is 34.3 Å². The average molecular weight is 472 g/mol. The van der Waals surface area contributed by atoms with Gasteiger partial charge in [0.25, 0.3) is 5.91 Å². The monoisotopic (exact) mass is 471 g/mol. The fourth-order valence-electron chi connectivity index (χ4n) is 2.81. The van der Waals surface area contributed by atoms with Crippen molar-refractivity contribution in [2.75, 3.05) is 0 Å². The van der Waals surface area contributed by atoms with E-state index in [-0.39, 0.29) is 17.8 Å². The van der Waals surface area contributed by atoms with Crippen LogP contribution in [0.5, 0.6) is 0 Å². The number of carbonyl (C=O) groups is 1. The second-order valence-electron chi connectivity index (χ2n) is 7.52. The van der Waals surface area contributed by atoms with Gasteiger partial charge < -0.3 is 9.73 Å². The summed E-state index contributed by atoms with van der Waals surface area (Å²) >= 11 is 2.85. The molecule has 4 aromatic rings. The Morgan fingerprint density at radius 1 is 1.22 bits per heavy atom. The summed E-state index contributed by atoms with van der Waals surface area (Å²) in [6, 6.07) is 9.74. The molecule has 3 aromatic heterocycles. The van der Waals surface area contributed by atoms with Gasteiger partial charge in [0, 0.05) is 11.4 Å². The number of aromatic nitrogens is 4. The minimum atomic E-state index is -0.323. The first kappa shape index (κ1) is 22.2. The van der Waals surface area contributed by atoms with Gasteiger partial charge >= 0.3 is 0 Å². The van der Waals surface area contributed by atoms with Crippen LogP contribution in [0.15, 0.2) is 57.6 Å². The summed E-state index contributed by atoms with van der Waals surface area (Å²) in [5.74, 6) is 1.43. The highest BCUT2D eigenvalue weighted by molar-refractivity contribution is 7.98. The molecular weight excluding hydrogens is 449 g/mol. The highest BCUT2D eigenvalue weighted by Crippen LogP contribution is 2.30. The summed E-state index contributed by atoms with van der Waals surface area (Å²) in [5.41, 5.74) is 1.13. The van der Waals surface area contributed by atoms with Crippen LogP contribution in [0.4, 0.5) is 4.39 Å². The third-order valence-electron chi connectivity index (χ3n) is 4.93. The van der Waals surface area contributed by atoms with Crippen molar-refractivity contribution < 1.29 is 13.6 Å². The van der Waals surface area contributed by atoms with Crippen LogP contribution < -0.4 is 5.32 Å². The van der Waals surface area contributed by atoms with E-state index in [0.29, 0.717) is 39.8 Å². The molecule has 1 unspecified atom stereocenters. The number of halogens is 1. The molecule has 0 saturated heterocycles. The number of nitrogens with one attached hydrogen (secondary N) is 1. The van der Waals surface area contributed by atoms with Crippen LogP contribution in [0.1, 0.15) is 36.3 Å². The first-order chi connectivity index (χ1) is 15.4. The average Bonchev–Trinajstić information content (AvgIpc) is 3.52. The molecule has 166 valence electrons. The van der Waals surface area contributed by atoms with Gasteiger partial charge in [0.1, 0.15) is 16.5 Å². The number of carbonyl (C=O) groups excluding carboxylic acids is 1. The van der Waals surface area contributed by atoms with Gasteiger partial charge in [-0.3, -0.25) is 9.36 Å². The Labute approximate surface area is 193 Å². The van der Waals surface area contributed by atoms with Crippen molar-refractivity contribution in [1.29, 1.82) is 0 Å². The maximum absolute atomic E-state index is 13.5. The van der Waals surface area contributed by atoms with Gasteiger partial charge in [-0.05, 0) is 49.2 Å². The summed E-state index contributed by atoms with van der Waals surface area (Å²) in [5, 5.41) is 14.7. The lowest BCUT2D eigenvalue weighted by Gasteiger charge is -2.16. The topological polar surface area (TPSA) is 85.8 Å². The summed E-state index contributed by atoms with van der Waals surface area (Å²) in [6.07, 6.45) is 1.56. The third-order valence-corrected chi connectivity index (χ3v) is 6.90. The molecule has 0 fully saturated rings. The molecule has 0 aliphatic heterocycles. The zero-order chi connectivity index (χ0) is 22.7. The van der Waals surface area contributed by atoms with E-state index < -0.39 is 0 Å². The number of rotatable bonds is 8. The molecule has 32 heavy (non-hydrogen) atoms. The number of amides is 1. The molecule has 0 spiro atoms. The van der Waals surface area contributed by atoms with E-state index in [1.807, 2.05) is 11.5 Å². The zero-order valence-electron chi connectivity index (χ0n) is 17.8. The van der Waals surface area contributed by atoms with E-state index in [9.17, 15) is 9.18 Å². The number of benzene rings is 1. The Morgan fingerprint density at radius 2 is 2.00 bits per heavy atom. The molecular formula is C22H22FN5O2S2. The van der Waals surface area contributed by atoms with Crippen LogP contribution in [-0.4, -0.2) is 31.7 Å². The first-order valence-electron chi connectivity index (χ1n) is 10.1. The van der Waals surface area contributed by atoms with Crippen molar-refractivity contribution in [3.05, 3.63) is 64.6 Å². The number of thioether (sulfide) groups is 1. The van der Waals surface area contributed by atoms with Gasteiger partial charge in [-0.25, -0.2) is 9.37 Å². The van der Waals surface area contributed by atoms with E-state index >= 15 is 0 Å². The molecule has 0 radical (unpaired) electrons. The molecule has 1 amide bonds. The van der Waals surface area contributed by atoms with Crippen LogP contribution in [0.2, 0.25) is 0 Å². The van der Waals surface area contributed by atoms with Gasteiger partial charge in [0.05, 0.1) is 17.7 Å². The van der Waals surface area contributed by atoms with Gasteiger partial charge in [0.15, 0.2) is 10.9 Å². The van der Waals surface area contributed by atoms with Crippen LogP contribution in [0, 0.1) is 11.7 Å². The predicted molar refractivity (Wildman–Crippen MR) is 122 cm³/mol. The first-order valence-corrected chi connectivity index (χ1v) is 11.9. The predicted octanol–water partition coefficient (Wildman–Crippen LogP) is 5.19. The quantitative estimate of drug-likeness (QED) is 0.356. The van der Waals surface area contributed by atoms with Crippen molar-refractivity contribution in [3.8, 4) is 17.3 Å². The molecule has 7 nitrogen and oxygen atoms in total. The maximum Gasteiger partial charge on any atom is 0.270 e. The third kappa shape index (κ3) is 4.91. The van der Waals surface area contributed by atoms with E-state index in [1.165, 1.54) is 35.2 Å². The number of furan rings is 1. The summed E-state index contributed by atoms with van der Waals surface area (Å²) < 4.78 is 20.8. The molecule has 0 aliphatic carbocycles. The Morgan fingerprint density at radius 3 is 2.69 bits per heavy atom. The second kappa shape index (κ2) is 9.66. The lowest BCUT2D eigenvalue weighted by atomic mass is 10.1. The minimum absolute atomic E-state index is 0.0660. The largest absolute Gasteiger partial charge is 0.461 e. The van der Waals surface area contributed by atoms with Crippen LogP contribution in [-0.2, 0) is 5.75 Å². The molecule has 10 heteroatoms. The molecule has 1 atom stereocenters. The lowest BCUT2D eigenvalue weighted by Crippen LogP contribution is -2.36. The zero-order valence-corrected chi connectivity index (χ0v) is 19.4. The van der Waals surface area contributed by atoms with E-state index in [4.69, 9.17) is 4.42 Å². The Balaban J connectivity index is 1.54. The normalized spacial score (nSPS) is 12.3. The number of nitrogens with zero attached hydrogens (tertiary/aromatic N) is 4. The minimum Gasteiger partial charge on any atom is -0.461 e. The standard InChI is InChI=1S/C22H22FN5O2S2/c1-13(2)14(3)24-21(29)17-11-31-19(25-17)12-32-22-27-26-20(18-5-4-10-30-18)28(22)16-8-6-15(23)7-9-16/h4-11,13-14H,12H2,1-3H3,(H,24,29). The Hall–Kier alpha value is -2.98. The molecule has 0 bridgehead atoms. The van der Waals surface area contributed by atoms with Gasteiger partial charge in [-0.2, -0.15) is 0 Å². The van der Waals surface area contributed by atoms with Crippen molar-refractivity contribution >= 4 is 29.0 Å². The van der Waals surface area contributed by atoms with Crippen LogP contribution in [0.3, 0.4) is 0 Å². The molecule has 1 N–H and O–H groups in total. The lowest BCUT2D eigenvalue weighted by molar-refractivity contribution is 0.0926. The van der Waals surface area contributed by atoms with Gasteiger partial charge in [-0.15, -0.1) is 21.5 Å². The second-order valence-corrected chi connectivity index (χ2v) is 9.40. The maximum atomic E-state index is 13.5. The van der Waals surface area contributed by atoms with Crippen molar-refractivity contribution in [2.24, 2.45) is 5.92 Å². The van der Waals surface area contributed by atoms with Crippen molar-refractivity contribution in [2.45, 2.75) is 37.7 Å². The number of hydrogen-bond acceptors (Lipinski definition) is 7. The molecule has 3 heterocycles. The van der Waals surface area contributed by atoms with Gasteiger partial charge in [-0.1, -0.05) is 25.6 Å². The van der Waals surface area contributed by atoms with E-state index in [0.717, 1.165) is 5.01 Å². The van der Waals surface area contributed by atoms with Gasteiger partial charge in [0.2, 0.25) is 5.82 Å².